The number of aromatic nitrogens is 4. The molecule has 2 aromatic heterocycles. The minimum absolute atomic E-state index is 0.0316. The van der Waals surface area contributed by atoms with E-state index in [2.05, 4.69) is 44.3 Å². The van der Waals surface area contributed by atoms with Gasteiger partial charge in [0, 0.05) is 30.8 Å². The molecule has 2 N–H and O–H groups in total. The topological polar surface area (TPSA) is 61.7 Å². The third-order valence-electron chi connectivity index (χ3n) is 3.62. The molecule has 0 unspecified atom stereocenters. The zero-order valence-corrected chi connectivity index (χ0v) is 14.1. The number of rotatable bonds is 4. The lowest BCUT2D eigenvalue weighted by Crippen LogP contribution is -2.19. The molecule has 0 saturated carbocycles. The predicted octanol–water partition coefficient (Wildman–Crippen LogP) is 3.14. The molecule has 0 aliphatic heterocycles. The van der Waals surface area contributed by atoms with Crippen LogP contribution in [0.4, 0.5) is 5.82 Å². The lowest BCUT2D eigenvalue weighted by molar-refractivity contribution is 0.498. The van der Waals surface area contributed by atoms with Gasteiger partial charge in [0.05, 0.1) is 5.69 Å². The first kappa shape index (κ1) is 15.6. The Balaban J connectivity index is 2.65. The van der Waals surface area contributed by atoms with Crippen molar-refractivity contribution in [1.82, 2.24) is 19.3 Å². The van der Waals surface area contributed by atoms with Gasteiger partial charge in [0.15, 0.2) is 0 Å². The number of aryl methyl sites for hydroxylation is 2. The van der Waals surface area contributed by atoms with Crippen molar-refractivity contribution in [2.45, 2.75) is 59.4 Å². The minimum Gasteiger partial charge on any atom is -0.383 e. The Morgan fingerprint density at radius 1 is 1.24 bits per heavy atom. The highest BCUT2D eigenvalue weighted by Crippen LogP contribution is 2.33. The van der Waals surface area contributed by atoms with Crippen molar-refractivity contribution in [3.8, 4) is 11.3 Å². The Morgan fingerprint density at radius 2 is 1.90 bits per heavy atom. The van der Waals surface area contributed by atoms with Crippen molar-refractivity contribution in [1.29, 1.82) is 0 Å². The first-order valence-corrected chi connectivity index (χ1v) is 7.68. The van der Waals surface area contributed by atoms with Gasteiger partial charge in [0.25, 0.3) is 0 Å². The molecule has 116 valence electrons. The maximum Gasteiger partial charge on any atom is 0.131 e. The molecule has 2 rings (SSSR count). The SMILES string of the molecule is CCCn1c(C(C)(C)C)nc(-c2cn(C)nc2CC)c1N. The van der Waals surface area contributed by atoms with Crippen LogP contribution in [0.3, 0.4) is 0 Å². The Kier molecular flexibility index (Phi) is 4.12. The predicted molar refractivity (Wildman–Crippen MR) is 87.2 cm³/mol. The van der Waals surface area contributed by atoms with Crippen LogP contribution in [0.5, 0.6) is 0 Å². The van der Waals surface area contributed by atoms with Gasteiger partial charge < -0.3 is 10.3 Å². The molecule has 0 spiro atoms. The quantitative estimate of drug-likeness (QED) is 0.940. The average molecular weight is 289 g/mol. The van der Waals surface area contributed by atoms with Crippen molar-refractivity contribution in [2.24, 2.45) is 7.05 Å². The van der Waals surface area contributed by atoms with Crippen LogP contribution in [0.15, 0.2) is 6.20 Å². The molecule has 21 heavy (non-hydrogen) atoms. The standard InChI is InChI=1S/C16H27N5/c1-7-9-21-14(17)13(18-15(21)16(3,4)5)11-10-20(6)19-12(11)8-2/h10H,7-9,17H2,1-6H3. The van der Waals surface area contributed by atoms with Gasteiger partial charge in [-0.15, -0.1) is 0 Å². The lowest BCUT2D eigenvalue weighted by Gasteiger charge is -2.19. The first-order chi connectivity index (χ1) is 9.79. The van der Waals surface area contributed by atoms with Crippen LogP contribution >= 0.6 is 0 Å². The molecule has 0 aromatic carbocycles. The number of nitrogens with two attached hydrogens (primary N) is 1. The van der Waals surface area contributed by atoms with Gasteiger partial charge in [-0.3, -0.25) is 4.68 Å². The van der Waals surface area contributed by atoms with Gasteiger partial charge in [-0.2, -0.15) is 5.10 Å². The van der Waals surface area contributed by atoms with E-state index in [-0.39, 0.29) is 5.41 Å². The van der Waals surface area contributed by atoms with Crippen molar-refractivity contribution in [3.63, 3.8) is 0 Å². The second-order valence-electron chi connectivity index (χ2n) is 6.59. The lowest BCUT2D eigenvalue weighted by atomic mass is 9.95. The van der Waals surface area contributed by atoms with Gasteiger partial charge in [-0.1, -0.05) is 34.6 Å². The van der Waals surface area contributed by atoms with Gasteiger partial charge in [0.2, 0.25) is 0 Å². The Morgan fingerprint density at radius 3 is 2.43 bits per heavy atom. The molecule has 0 saturated heterocycles. The van der Waals surface area contributed by atoms with Crippen molar-refractivity contribution < 1.29 is 0 Å². The summed E-state index contributed by atoms with van der Waals surface area (Å²) in [6, 6.07) is 0. The van der Waals surface area contributed by atoms with Crippen LogP contribution in [-0.2, 0) is 25.4 Å². The fourth-order valence-corrected chi connectivity index (χ4v) is 2.68. The highest BCUT2D eigenvalue weighted by Gasteiger charge is 2.26. The molecule has 2 heterocycles. The summed E-state index contributed by atoms with van der Waals surface area (Å²) in [6.45, 7) is 11.7. The molecule has 0 aliphatic rings. The Bertz CT molecular complexity index is 628. The summed E-state index contributed by atoms with van der Waals surface area (Å²) >= 11 is 0. The second-order valence-corrected chi connectivity index (χ2v) is 6.59. The van der Waals surface area contributed by atoms with Gasteiger partial charge in [-0.05, 0) is 12.8 Å². The summed E-state index contributed by atoms with van der Waals surface area (Å²) in [5.41, 5.74) is 9.36. The van der Waals surface area contributed by atoms with Crippen LogP contribution in [0, 0.1) is 0 Å². The Hall–Kier alpha value is -1.78. The third kappa shape index (κ3) is 2.82. The van der Waals surface area contributed by atoms with Crippen LogP contribution < -0.4 is 5.73 Å². The van der Waals surface area contributed by atoms with Crippen molar-refractivity contribution in [2.75, 3.05) is 5.73 Å². The third-order valence-corrected chi connectivity index (χ3v) is 3.62. The Labute approximate surface area is 127 Å². The molecular weight excluding hydrogens is 262 g/mol. The summed E-state index contributed by atoms with van der Waals surface area (Å²) in [6.07, 6.45) is 3.93. The van der Waals surface area contributed by atoms with Crippen molar-refractivity contribution in [3.05, 3.63) is 17.7 Å². The number of anilines is 1. The zero-order valence-electron chi connectivity index (χ0n) is 14.1. The molecule has 0 aliphatic carbocycles. The van der Waals surface area contributed by atoms with E-state index < -0.39 is 0 Å². The maximum atomic E-state index is 6.42. The van der Waals surface area contributed by atoms with E-state index in [0.717, 1.165) is 48.0 Å². The van der Waals surface area contributed by atoms with Crippen LogP contribution in [-0.4, -0.2) is 19.3 Å². The maximum absolute atomic E-state index is 6.42. The summed E-state index contributed by atoms with van der Waals surface area (Å²) in [7, 11) is 1.94. The number of hydrogen-bond donors (Lipinski definition) is 1. The largest absolute Gasteiger partial charge is 0.383 e. The monoisotopic (exact) mass is 289 g/mol. The highest BCUT2D eigenvalue weighted by molar-refractivity contribution is 5.72. The summed E-state index contributed by atoms with van der Waals surface area (Å²) in [5.74, 6) is 1.80. The van der Waals surface area contributed by atoms with Crippen LogP contribution in [0.1, 0.15) is 52.6 Å². The van der Waals surface area contributed by atoms with E-state index in [9.17, 15) is 0 Å². The first-order valence-electron chi connectivity index (χ1n) is 7.68. The summed E-state index contributed by atoms with van der Waals surface area (Å²) in [5, 5.41) is 4.51. The normalized spacial score (nSPS) is 12.1. The second kappa shape index (κ2) is 5.54. The molecule has 0 amide bonds. The molecule has 5 heteroatoms. The molecule has 5 nitrogen and oxygen atoms in total. The molecular formula is C16H27N5. The minimum atomic E-state index is -0.0316. The molecule has 0 radical (unpaired) electrons. The molecule has 2 aromatic rings. The molecule has 0 bridgehead atoms. The van der Waals surface area contributed by atoms with E-state index in [4.69, 9.17) is 10.7 Å². The summed E-state index contributed by atoms with van der Waals surface area (Å²) < 4.78 is 3.99. The van der Waals surface area contributed by atoms with E-state index in [1.165, 1.54) is 0 Å². The van der Waals surface area contributed by atoms with Crippen LogP contribution in [0.25, 0.3) is 11.3 Å². The van der Waals surface area contributed by atoms with E-state index >= 15 is 0 Å². The number of nitrogens with zero attached hydrogens (tertiary/aromatic N) is 4. The average Bonchev–Trinajstić information content (AvgIpc) is 2.91. The number of nitrogen functional groups attached to an aromatic ring is 1. The summed E-state index contributed by atoms with van der Waals surface area (Å²) in [4.78, 5) is 4.88. The fourth-order valence-electron chi connectivity index (χ4n) is 2.68. The van der Waals surface area contributed by atoms with Gasteiger partial charge in [-0.25, -0.2) is 4.98 Å². The van der Waals surface area contributed by atoms with Gasteiger partial charge in [0.1, 0.15) is 17.3 Å². The molecule has 0 atom stereocenters. The van der Waals surface area contributed by atoms with E-state index in [0.29, 0.717) is 0 Å². The van der Waals surface area contributed by atoms with Crippen molar-refractivity contribution >= 4 is 5.82 Å². The van der Waals surface area contributed by atoms with Gasteiger partial charge >= 0.3 is 0 Å². The smallest absolute Gasteiger partial charge is 0.131 e. The number of imidazole rings is 1. The van der Waals surface area contributed by atoms with E-state index in [1.807, 2.05) is 17.9 Å². The highest BCUT2D eigenvalue weighted by atomic mass is 15.3. The fraction of sp³-hybridized carbons (Fsp3) is 0.625. The van der Waals surface area contributed by atoms with E-state index in [1.54, 1.807) is 0 Å². The van der Waals surface area contributed by atoms with Crippen LogP contribution in [0.2, 0.25) is 0 Å². The number of hydrogen-bond acceptors (Lipinski definition) is 3. The zero-order chi connectivity index (χ0) is 15.8. The molecule has 0 fully saturated rings.